The van der Waals surface area contributed by atoms with Crippen molar-refractivity contribution in [1.82, 2.24) is 21.3 Å². The van der Waals surface area contributed by atoms with Crippen molar-refractivity contribution in [2.24, 2.45) is 0 Å². The van der Waals surface area contributed by atoms with Crippen LogP contribution >= 0.6 is 0 Å². The summed E-state index contributed by atoms with van der Waals surface area (Å²) < 4.78 is 0. The Kier molecular flexibility index (Phi) is 6.19. The van der Waals surface area contributed by atoms with Crippen molar-refractivity contribution in [3.63, 3.8) is 0 Å². The monoisotopic (exact) mass is 172 g/mol. The first-order valence-corrected chi connectivity index (χ1v) is 4.83. The molecular weight excluding hydrogens is 152 g/mol. The summed E-state index contributed by atoms with van der Waals surface area (Å²) in [7, 11) is 0. The van der Waals surface area contributed by atoms with Crippen LogP contribution in [0.5, 0.6) is 0 Å². The summed E-state index contributed by atoms with van der Waals surface area (Å²) in [5, 5.41) is 13.3. The van der Waals surface area contributed by atoms with E-state index in [2.05, 4.69) is 21.3 Å². The maximum absolute atomic E-state index is 3.37. The highest BCUT2D eigenvalue weighted by Gasteiger charge is 1.92. The number of hydrogen-bond donors (Lipinski definition) is 4. The largest absolute Gasteiger partial charge is 0.315 e. The molecule has 1 aliphatic heterocycles. The fraction of sp³-hybridized carbons (Fsp3) is 1.00. The minimum Gasteiger partial charge on any atom is -0.315 e. The van der Waals surface area contributed by atoms with Crippen molar-refractivity contribution in [2.45, 2.75) is 6.42 Å². The number of nitrogens with one attached hydrogen (secondary N) is 4. The van der Waals surface area contributed by atoms with Crippen LogP contribution in [0.2, 0.25) is 0 Å². The van der Waals surface area contributed by atoms with E-state index in [4.69, 9.17) is 0 Å². The lowest BCUT2D eigenvalue weighted by Gasteiger charge is -2.11. The van der Waals surface area contributed by atoms with E-state index in [0.717, 1.165) is 45.9 Å². The van der Waals surface area contributed by atoms with Gasteiger partial charge in [0.05, 0.1) is 0 Å². The zero-order valence-corrected chi connectivity index (χ0v) is 7.66. The van der Waals surface area contributed by atoms with Gasteiger partial charge in [-0.1, -0.05) is 0 Å². The Labute approximate surface area is 74.5 Å². The number of hydrogen-bond acceptors (Lipinski definition) is 4. The van der Waals surface area contributed by atoms with Crippen LogP contribution in [0.3, 0.4) is 0 Å². The third kappa shape index (κ3) is 5.49. The third-order valence-corrected chi connectivity index (χ3v) is 1.91. The first kappa shape index (κ1) is 9.92. The van der Waals surface area contributed by atoms with Gasteiger partial charge in [-0.25, -0.2) is 0 Å². The molecule has 4 heteroatoms. The van der Waals surface area contributed by atoms with Crippen LogP contribution in [0.1, 0.15) is 6.42 Å². The van der Waals surface area contributed by atoms with E-state index in [1.807, 2.05) is 0 Å². The molecule has 4 nitrogen and oxygen atoms in total. The van der Waals surface area contributed by atoms with Crippen LogP contribution in [0, 0.1) is 0 Å². The zero-order valence-electron chi connectivity index (χ0n) is 7.66. The first-order chi connectivity index (χ1) is 6.00. The molecule has 0 spiro atoms. The molecular formula is C8H20N4. The van der Waals surface area contributed by atoms with E-state index in [0.29, 0.717) is 0 Å². The molecule has 0 aromatic heterocycles. The molecule has 72 valence electrons. The molecule has 0 bridgehead atoms. The van der Waals surface area contributed by atoms with Gasteiger partial charge in [-0.2, -0.15) is 0 Å². The average Bonchev–Trinajstić information content (AvgIpc) is 2.05. The second-order valence-electron chi connectivity index (χ2n) is 3.03. The van der Waals surface area contributed by atoms with Crippen molar-refractivity contribution in [1.29, 1.82) is 0 Å². The van der Waals surface area contributed by atoms with Gasteiger partial charge in [0.2, 0.25) is 0 Å². The van der Waals surface area contributed by atoms with Gasteiger partial charge in [0.15, 0.2) is 0 Å². The van der Waals surface area contributed by atoms with Gasteiger partial charge >= 0.3 is 0 Å². The highest BCUT2D eigenvalue weighted by atomic mass is 15.1. The van der Waals surface area contributed by atoms with Gasteiger partial charge in [0.1, 0.15) is 0 Å². The quantitative estimate of drug-likeness (QED) is 0.367. The first-order valence-electron chi connectivity index (χ1n) is 4.83. The van der Waals surface area contributed by atoms with Crippen LogP contribution in [0.4, 0.5) is 0 Å². The smallest absolute Gasteiger partial charge is 0.0455 e. The van der Waals surface area contributed by atoms with Crippen LogP contribution in [-0.2, 0) is 0 Å². The van der Waals surface area contributed by atoms with Crippen molar-refractivity contribution in [2.75, 3.05) is 45.9 Å². The van der Waals surface area contributed by atoms with Crippen molar-refractivity contribution < 1.29 is 0 Å². The van der Waals surface area contributed by atoms with Gasteiger partial charge < -0.3 is 21.3 Å². The summed E-state index contributed by atoms with van der Waals surface area (Å²) in [6.45, 7) is 7.43. The molecule has 0 atom stereocenters. The Hall–Kier alpha value is -0.160. The topological polar surface area (TPSA) is 48.1 Å². The van der Waals surface area contributed by atoms with Gasteiger partial charge in [-0.3, -0.25) is 0 Å². The Morgan fingerprint density at radius 3 is 1.58 bits per heavy atom. The lowest BCUT2D eigenvalue weighted by molar-refractivity contribution is 0.513. The minimum atomic E-state index is 0.920. The lowest BCUT2D eigenvalue weighted by atomic mass is 10.4. The second kappa shape index (κ2) is 7.49. The summed E-state index contributed by atoms with van der Waals surface area (Å²) in [5.74, 6) is 0. The predicted molar refractivity (Wildman–Crippen MR) is 51.2 cm³/mol. The van der Waals surface area contributed by atoms with Gasteiger partial charge in [-0.15, -0.1) is 0 Å². The molecule has 1 fully saturated rings. The van der Waals surface area contributed by atoms with E-state index in [-0.39, 0.29) is 0 Å². The summed E-state index contributed by atoms with van der Waals surface area (Å²) in [6, 6.07) is 0. The molecule has 12 heavy (non-hydrogen) atoms. The molecule has 1 aliphatic rings. The second-order valence-corrected chi connectivity index (χ2v) is 3.03. The molecule has 1 rings (SSSR count). The van der Waals surface area contributed by atoms with Crippen molar-refractivity contribution >= 4 is 0 Å². The van der Waals surface area contributed by atoms with Crippen LogP contribution in [-0.4, -0.2) is 45.9 Å². The van der Waals surface area contributed by atoms with Crippen molar-refractivity contribution in [3.8, 4) is 0 Å². The third-order valence-electron chi connectivity index (χ3n) is 1.91. The molecule has 1 heterocycles. The summed E-state index contributed by atoms with van der Waals surface area (Å²) >= 11 is 0. The lowest BCUT2D eigenvalue weighted by Crippen LogP contribution is -2.39. The summed E-state index contributed by atoms with van der Waals surface area (Å²) in [5.41, 5.74) is 0. The summed E-state index contributed by atoms with van der Waals surface area (Å²) in [6.07, 6.45) is 1.22. The Morgan fingerprint density at radius 1 is 0.500 bits per heavy atom. The van der Waals surface area contributed by atoms with Gasteiger partial charge in [-0.05, 0) is 19.5 Å². The predicted octanol–water partition coefficient (Wildman–Crippen LogP) is -1.29. The average molecular weight is 172 g/mol. The molecule has 0 saturated carbocycles. The highest BCUT2D eigenvalue weighted by Crippen LogP contribution is 1.73. The fourth-order valence-corrected chi connectivity index (χ4v) is 1.21. The van der Waals surface area contributed by atoms with Crippen LogP contribution < -0.4 is 21.3 Å². The van der Waals surface area contributed by atoms with Crippen LogP contribution in [0.15, 0.2) is 0 Å². The van der Waals surface area contributed by atoms with E-state index in [1.54, 1.807) is 0 Å². The maximum atomic E-state index is 3.37. The van der Waals surface area contributed by atoms with E-state index < -0.39 is 0 Å². The van der Waals surface area contributed by atoms with E-state index in [1.165, 1.54) is 6.42 Å². The van der Waals surface area contributed by atoms with E-state index >= 15 is 0 Å². The standard InChI is InChI=1S/C8H20N4/c1-2-9-4-6-11-8-12-7-5-10-3-1/h9-12H,1-8H2. The SMILES string of the molecule is C1CNCCNCNCCNC1. The summed E-state index contributed by atoms with van der Waals surface area (Å²) in [4.78, 5) is 0. The van der Waals surface area contributed by atoms with Crippen LogP contribution in [0.25, 0.3) is 0 Å². The van der Waals surface area contributed by atoms with Gasteiger partial charge in [0, 0.05) is 32.8 Å². The van der Waals surface area contributed by atoms with Crippen molar-refractivity contribution in [3.05, 3.63) is 0 Å². The Bertz CT molecular complexity index is 54.0. The fourth-order valence-electron chi connectivity index (χ4n) is 1.21. The zero-order chi connectivity index (χ0) is 8.49. The molecule has 0 aliphatic carbocycles. The Balaban J connectivity index is 2.00. The highest BCUT2D eigenvalue weighted by molar-refractivity contribution is 4.57. The normalized spacial score (nSPS) is 24.0. The molecule has 0 aromatic carbocycles. The minimum absolute atomic E-state index is 0.920. The van der Waals surface area contributed by atoms with E-state index in [9.17, 15) is 0 Å². The molecule has 0 aromatic rings. The van der Waals surface area contributed by atoms with Gasteiger partial charge in [0.25, 0.3) is 0 Å². The molecule has 0 unspecified atom stereocenters. The molecule has 4 N–H and O–H groups in total. The molecule has 0 amide bonds. The molecule has 0 radical (unpaired) electrons. The maximum Gasteiger partial charge on any atom is 0.0455 e. The number of rotatable bonds is 0. The molecule has 1 saturated heterocycles. The Morgan fingerprint density at radius 2 is 1.00 bits per heavy atom.